The molecule has 0 aliphatic carbocycles. The molecule has 2 aromatic carbocycles. The van der Waals surface area contributed by atoms with Gasteiger partial charge in [-0.25, -0.2) is 0 Å². The van der Waals surface area contributed by atoms with Gasteiger partial charge in [0.2, 0.25) is 0 Å². The first kappa shape index (κ1) is 23.5. The van der Waals surface area contributed by atoms with Crippen LogP contribution in [0.2, 0.25) is 0 Å². The molecule has 1 atom stereocenters. The first-order chi connectivity index (χ1) is 14.3. The molecule has 5 nitrogen and oxygen atoms in total. The molecule has 0 bridgehead atoms. The monoisotopic (exact) mass is 412 g/mol. The third-order valence-electron chi connectivity index (χ3n) is 5.03. The van der Waals surface area contributed by atoms with Gasteiger partial charge in [0.25, 0.3) is 11.8 Å². The van der Waals surface area contributed by atoms with Gasteiger partial charge >= 0.3 is 0 Å². The van der Waals surface area contributed by atoms with Gasteiger partial charge in [-0.2, -0.15) is 0 Å². The van der Waals surface area contributed by atoms with Crippen molar-refractivity contribution in [1.82, 2.24) is 4.90 Å². The Kier molecular flexibility index (Phi) is 8.90. The highest BCUT2D eigenvalue weighted by atomic mass is 16.5. The number of ether oxygens (including phenoxy) is 1. The second-order valence-electron chi connectivity index (χ2n) is 7.97. The number of amides is 2. The maximum absolute atomic E-state index is 12.7. The molecule has 0 saturated carbocycles. The van der Waals surface area contributed by atoms with E-state index in [-0.39, 0.29) is 19.3 Å². The average Bonchev–Trinajstić information content (AvgIpc) is 2.73. The van der Waals surface area contributed by atoms with E-state index >= 15 is 0 Å². The fourth-order valence-electron chi connectivity index (χ4n) is 3.38. The minimum absolute atomic E-state index is 0. The normalized spacial score (nSPS) is 11.8. The molecule has 0 aliphatic heterocycles. The highest BCUT2D eigenvalue weighted by molar-refractivity contribution is 6.04. The summed E-state index contributed by atoms with van der Waals surface area (Å²) in [5, 5.41) is 2.87. The summed E-state index contributed by atoms with van der Waals surface area (Å²) < 4.78 is 5.60. The number of hydrogen-bond acceptors (Lipinski definition) is 3. The summed E-state index contributed by atoms with van der Waals surface area (Å²) in [7, 11) is 1.85. The average molecular weight is 413 g/mol. The highest BCUT2D eigenvalue weighted by Gasteiger charge is 2.16. The number of carbonyl (C=O) groups is 2. The molecular weight excluding hydrogens is 376 g/mol. The summed E-state index contributed by atoms with van der Waals surface area (Å²) in [6, 6.07) is 14.1. The molecule has 2 aromatic rings. The summed E-state index contributed by atoms with van der Waals surface area (Å²) in [6.07, 6.45) is 3.41. The van der Waals surface area contributed by atoms with Crippen LogP contribution in [0, 0.1) is 5.92 Å². The topological polar surface area (TPSA) is 58.6 Å². The molecule has 1 unspecified atom stereocenters. The van der Waals surface area contributed by atoms with Crippen molar-refractivity contribution in [3.05, 3.63) is 59.7 Å². The zero-order chi connectivity index (χ0) is 22.1. The van der Waals surface area contributed by atoms with Gasteiger partial charge in [-0.3, -0.25) is 9.59 Å². The van der Waals surface area contributed by atoms with Gasteiger partial charge in [0.15, 0.2) is 0 Å². The van der Waals surface area contributed by atoms with Crippen molar-refractivity contribution in [3.63, 3.8) is 0 Å². The number of nitrogens with zero attached hydrogens (tertiary/aromatic N) is 1. The molecule has 5 heteroatoms. The summed E-state index contributed by atoms with van der Waals surface area (Å²) in [4.78, 5) is 26.9. The Morgan fingerprint density at radius 2 is 1.60 bits per heavy atom. The smallest absolute Gasteiger partial charge is 0.255 e. The van der Waals surface area contributed by atoms with E-state index in [9.17, 15) is 9.59 Å². The van der Waals surface area contributed by atoms with Gasteiger partial charge < -0.3 is 15.0 Å². The number of anilines is 1. The Morgan fingerprint density at radius 1 is 1.00 bits per heavy atom. The molecule has 0 heterocycles. The van der Waals surface area contributed by atoms with Crippen LogP contribution in [-0.4, -0.2) is 36.4 Å². The van der Waals surface area contributed by atoms with Crippen molar-refractivity contribution in [3.8, 4) is 5.75 Å². The number of hydrogen-bond donors (Lipinski definition) is 1. The van der Waals surface area contributed by atoms with Gasteiger partial charge in [0.1, 0.15) is 5.75 Å². The van der Waals surface area contributed by atoms with E-state index in [0.29, 0.717) is 22.7 Å². The van der Waals surface area contributed by atoms with E-state index in [0.717, 1.165) is 31.6 Å². The van der Waals surface area contributed by atoms with Crippen molar-refractivity contribution < 1.29 is 15.8 Å². The Hall–Kier alpha value is -2.82. The number of nitrogens with one attached hydrogen (secondary N) is 1. The minimum atomic E-state index is -0.201. The van der Waals surface area contributed by atoms with Gasteiger partial charge in [0.05, 0.1) is 6.10 Å². The lowest BCUT2D eigenvalue weighted by Gasteiger charge is -2.23. The van der Waals surface area contributed by atoms with Gasteiger partial charge in [-0.05, 0) is 74.7 Å². The predicted octanol–water partition coefficient (Wildman–Crippen LogP) is 5.87. The fraction of sp³-hybridized carbons (Fsp3) is 0.440. The minimum Gasteiger partial charge on any atom is -0.491 e. The van der Waals surface area contributed by atoms with E-state index in [1.807, 2.05) is 20.9 Å². The lowest BCUT2D eigenvalue weighted by molar-refractivity contribution is 0.0768. The first-order valence-corrected chi connectivity index (χ1v) is 10.8. The Bertz CT molecular complexity index is 820. The zero-order valence-electron chi connectivity index (χ0n) is 18.8. The van der Waals surface area contributed by atoms with E-state index < -0.39 is 0 Å². The fourth-order valence-corrected chi connectivity index (χ4v) is 3.38. The van der Waals surface area contributed by atoms with Crippen LogP contribution in [0.5, 0.6) is 5.75 Å². The number of benzene rings is 2. The van der Waals surface area contributed by atoms with Gasteiger partial charge in [-0.15, -0.1) is 0 Å². The second-order valence-corrected chi connectivity index (χ2v) is 7.97. The summed E-state index contributed by atoms with van der Waals surface area (Å²) >= 11 is 0. The summed E-state index contributed by atoms with van der Waals surface area (Å²) in [5.74, 6) is 1.06. The summed E-state index contributed by atoms with van der Waals surface area (Å²) in [6.45, 7) is 9.02. The SMILES string of the molecule is CCCC(CC)CN(C)C(=O)c1ccc(NC(=O)c2ccc(OC(C)C)cc2)cc1.[HH]. The molecule has 0 aromatic heterocycles. The van der Waals surface area contributed by atoms with E-state index in [1.54, 1.807) is 53.4 Å². The van der Waals surface area contributed by atoms with Crippen LogP contribution < -0.4 is 10.1 Å². The van der Waals surface area contributed by atoms with Crippen molar-refractivity contribution in [2.75, 3.05) is 18.9 Å². The summed E-state index contributed by atoms with van der Waals surface area (Å²) in [5.41, 5.74) is 1.82. The molecule has 2 amide bonds. The van der Waals surface area contributed by atoms with Crippen molar-refractivity contribution in [2.45, 2.75) is 53.1 Å². The number of carbonyl (C=O) groups excluding carboxylic acids is 2. The van der Waals surface area contributed by atoms with E-state index in [1.165, 1.54) is 0 Å². The molecule has 0 fully saturated rings. The molecule has 1 N–H and O–H groups in total. The Labute approximate surface area is 181 Å². The lowest BCUT2D eigenvalue weighted by atomic mass is 10.00. The molecule has 0 aliphatic rings. The second kappa shape index (κ2) is 11.4. The third-order valence-corrected chi connectivity index (χ3v) is 5.03. The van der Waals surface area contributed by atoms with Crippen LogP contribution in [0.3, 0.4) is 0 Å². The van der Waals surface area contributed by atoms with Crippen molar-refractivity contribution in [2.24, 2.45) is 5.92 Å². The quantitative estimate of drug-likeness (QED) is 0.531. The lowest BCUT2D eigenvalue weighted by Crippen LogP contribution is -2.31. The number of rotatable bonds is 10. The molecule has 0 spiro atoms. The Balaban J connectivity index is 0.00000480. The van der Waals surface area contributed by atoms with Gasteiger partial charge in [-0.1, -0.05) is 26.7 Å². The van der Waals surface area contributed by atoms with Crippen molar-refractivity contribution >= 4 is 17.5 Å². The van der Waals surface area contributed by atoms with E-state index in [2.05, 4.69) is 19.2 Å². The van der Waals surface area contributed by atoms with Crippen molar-refractivity contribution in [1.29, 1.82) is 0 Å². The highest BCUT2D eigenvalue weighted by Crippen LogP contribution is 2.18. The van der Waals surface area contributed by atoms with Crippen LogP contribution in [0.1, 0.15) is 69.1 Å². The van der Waals surface area contributed by atoms with E-state index in [4.69, 9.17) is 4.74 Å². The van der Waals surface area contributed by atoms with Crippen LogP contribution in [0.25, 0.3) is 0 Å². The largest absolute Gasteiger partial charge is 0.491 e. The first-order valence-electron chi connectivity index (χ1n) is 10.8. The van der Waals surface area contributed by atoms with Crippen LogP contribution in [0.15, 0.2) is 48.5 Å². The molecule has 164 valence electrons. The Morgan fingerprint density at radius 3 is 2.13 bits per heavy atom. The molecule has 2 rings (SSSR count). The van der Waals surface area contributed by atoms with Crippen LogP contribution >= 0.6 is 0 Å². The molecular formula is C25H36N2O3. The molecule has 30 heavy (non-hydrogen) atoms. The third kappa shape index (κ3) is 6.90. The van der Waals surface area contributed by atoms with Gasteiger partial charge in [0, 0.05) is 31.8 Å². The maximum Gasteiger partial charge on any atom is 0.255 e. The van der Waals surface area contributed by atoms with Crippen LogP contribution in [0.4, 0.5) is 5.69 Å². The van der Waals surface area contributed by atoms with Crippen LogP contribution in [-0.2, 0) is 0 Å². The standard InChI is InChI=1S/C25H34N2O3.H2/c1-6-8-19(7-2)17-27(5)25(29)21-9-13-22(14-10-21)26-24(28)20-11-15-23(16-12-20)30-18(3)4;/h9-16,18-19H,6-8,17H2,1-5H3,(H,26,28);1H. The molecule has 0 radical (unpaired) electrons. The zero-order valence-corrected chi connectivity index (χ0v) is 18.8. The maximum atomic E-state index is 12.7. The molecule has 0 saturated heterocycles. The predicted molar refractivity (Wildman–Crippen MR) is 124 cm³/mol.